The van der Waals surface area contributed by atoms with Gasteiger partial charge in [-0.3, -0.25) is 4.79 Å². The number of ether oxygens (including phenoxy) is 2. The molecule has 29 heavy (non-hydrogen) atoms. The molecule has 2 aromatic carbocycles. The van der Waals surface area contributed by atoms with Crippen molar-refractivity contribution in [3.63, 3.8) is 0 Å². The Labute approximate surface area is 175 Å². The van der Waals surface area contributed by atoms with E-state index < -0.39 is 10.0 Å². The predicted octanol–water partition coefficient (Wildman–Crippen LogP) is 3.16. The zero-order valence-electron chi connectivity index (χ0n) is 15.8. The number of carbonyl (C=O) groups is 1. The van der Waals surface area contributed by atoms with Crippen LogP contribution in [-0.2, 0) is 19.6 Å². The first kappa shape index (κ1) is 21.6. The molecule has 1 amide bonds. The van der Waals surface area contributed by atoms with E-state index in [1.807, 2.05) is 30.3 Å². The molecule has 156 valence electrons. The Hall–Kier alpha value is -2.13. The number of carbonyl (C=O) groups excluding carboxylic acids is 1. The van der Waals surface area contributed by atoms with Crippen LogP contribution in [0.5, 0.6) is 5.75 Å². The van der Waals surface area contributed by atoms with Crippen molar-refractivity contribution in [1.82, 2.24) is 4.31 Å². The van der Waals surface area contributed by atoms with Crippen LogP contribution in [0.25, 0.3) is 0 Å². The molecule has 1 aliphatic heterocycles. The minimum absolute atomic E-state index is 0.0894. The van der Waals surface area contributed by atoms with Gasteiger partial charge in [0.05, 0.1) is 35.4 Å². The highest BCUT2D eigenvalue weighted by molar-refractivity contribution is 7.89. The second-order valence-corrected chi connectivity index (χ2v) is 8.82. The van der Waals surface area contributed by atoms with Crippen molar-refractivity contribution in [2.45, 2.75) is 17.7 Å². The van der Waals surface area contributed by atoms with Crippen LogP contribution < -0.4 is 10.1 Å². The largest absolute Gasteiger partial charge is 0.494 e. The number of sulfonamides is 1. The highest BCUT2D eigenvalue weighted by Crippen LogP contribution is 2.27. The van der Waals surface area contributed by atoms with Crippen LogP contribution in [0.1, 0.15) is 12.8 Å². The molecular weight excluding hydrogens is 416 g/mol. The first-order valence-electron chi connectivity index (χ1n) is 9.32. The lowest BCUT2D eigenvalue weighted by Crippen LogP contribution is -2.40. The summed E-state index contributed by atoms with van der Waals surface area (Å²) in [6.07, 6.45) is 0.744. The van der Waals surface area contributed by atoms with Crippen molar-refractivity contribution in [3.05, 3.63) is 53.6 Å². The van der Waals surface area contributed by atoms with E-state index in [2.05, 4.69) is 5.32 Å². The van der Waals surface area contributed by atoms with Crippen molar-refractivity contribution < 1.29 is 22.7 Å². The standard InChI is InChI=1S/C20H23ClN2O5S/c21-18-9-8-17(29(25,26)23-10-13-27-14-11-23)15-19(18)22-20(24)7-4-12-28-16-5-2-1-3-6-16/h1-3,5-6,8-9,15H,4,7,10-14H2,(H,22,24). The molecule has 0 spiro atoms. The van der Waals surface area contributed by atoms with Gasteiger partial charge in [-0.25, -0.2) is 8.42 Å². The molecule has 0 unspecified atom stereocenters. The highest BCUT2D eigenvalue weighted by atomic mass is 35.5. The van der Waals surface area contributed by atoms with Crippen LogP contribution in [0, 0.1) is 0 Å². The summed E-state index contributed by atoms with van der Waals surface area (Å²) in [5.74, 6) is 0.487. The first-order valence-corrected chi connectivity index (χ1v) is 11.1. The van der Waals surface area contributed by atoms with Crippen molar-refractivity contribution in [1.29, 1.82) is 0 Å². The Kier molecular flexibility index (Phi) is 7.49. The van der Waals surface area contributed by atoms with E-state index in [1.54, 1.807) is 0 Å². The van der Waals surface area contributed by atoms with Gasteiger partial charge in [-0.05, 0) is 36.8 Å². The van der Waals surface area contributed by atoms with Crippen molar-refractivity contribution in [2.75, 3.05) is 38.2 Å². The molecule has 3 rings (SSSR count). The van der Waals surface area contributed by atoms with Crippen LogP contribution in [0.4, 0.5) is 5.69 Å². The molecular formula is C20H23ClN2O5S. The zero-order chi connectivity index (χ0) is 20.7. The summed E-state index contributed by atoms with van der Waals surface area (Å²) in [5, 5.41) is 2.97. The van der Waals surface area contributed by atoms with Gasteiger partial charge in [0.2, 0.25) is 15.9 Å². The van der Waals surface area contributed by atoms with Gasteiger partial charge in [-0.2, -0.15) is 4.31 Å². The number of nitrogens with one attached hydrogen (secondary N) is 1. The first-order chi connectivity index (χ1) is 14.0. The maximum Gasteiger partial charge on any atom is 0.243 e. The second kappa shape index (κ2) is 10.1. The Balaban J connectivity index is 1.57. The van der Waals surface area contributed by atoms with E-state index in [0.717, 1.165) is 5.75 Å². The Morgan fingerprint density at radius 3 is 2.59 bits per heavy atom. The predicted molar refractivity (Wildman–Crippen MR) is 111 cm³/mol. The number of amides is 1. The van der Waals surface area contributed by atoms with Gasteiger partial charge in [0, 0.05) is 19.5 Å². The smallest absolute Gasteiger partial charge is 0.243 e. The fourth-order valence-corrected chi connectivity index (χ4v) is 4.45. The third-order valence-electron chi connectivity index (χ3n) is 4.38. The Bertz CT molecular complexity index is 931. The molecule has 0 atom stereocenters. The Morgan fingerprint density at radius 2 is 1.86 bits per heavy atom. The van der Waals surface area contributed by atoms with Crippen LogP contribution in [0.15, 0.2) is 53.4 Å². The summed E-state index contributed by atoms with van der Waals surface area (Å²) in [6, 6.07) is 13.7. The number of halogens is 1. The van der Waals surface area contributed by atoms with Gasteiger partial charge in [0.15, 0.2) is 0 Å². The minimum Gasteiger partial charge on any atom is -0.494 e. The number of nitrogens with zero attached hydrogens (tertiary/aromatic N) is 1. The summed E-state index contributed by atoms with van der Waals surface area (Å²) in [7, 11) is -3.67. The summed E-state index contributed by atoms with van der Waals surface area (Å²) in [5.41, 5.74) is 0.273. The van der Waals surface area contributed by atoms with E-state index in [-0.39, 0.29) is 27.9 Å². The van der Waals surface area contributed by atoms with E-state index in [0.29, 0.717) is 39.3 Å². The van der Waals surface area contributed by atoms with Gasteiger partial charge < -0.3 is 14.8 Å². The van der Waals surface area contributed by atoms with Gasteiger partial charge in [0.1, 0.15) is 5.75 Å². The molecule has 7 nitrogen and oxygen atoms in total. The number of hydrogen-bond acceptors (Lipinski definition) is 5. The molecule has 0 bridgehead atoms. The number of para-hydroxylation sites is 1. The van der Waals surface area contributed by atoms with Crippen LogP contribution in [0.3, 0.4) is 0 Å². The number of anilines is 1. The minimum atomic E-state index is -3.67. The average molecular weight is 439 g/mol. The van der Waals surface area contributed by atoms with Gasteiger partial charge in [-0.1, -0.05) is 29.8 Å². The van der Waals surface area contributed by atoms with E-state index in [4.69, 9.17) is 21.1 Å². The van der Waals surface area contributed by atoms with Gasteiger partial charge in [0.25, 0.3) is 0 Å². The molecule has 0 aliphatic carbocycles. The number of hydrogen-bond donors (Lipinski definition) is 1. The van der Waals surface area contributed by atoms with Crippen LogP contribution in [0.2, 0.25) is 5.02 Å². The highest BCUT2D eigenvalue weighted by Gasteiger charge is 2.27. The fourth-order valence-electron chi connectivity index (χ4n) is 2.85. The monoisotopic (exact) mass is 438 g/mol. The lowest BCUT2D eigenvalue weighted by Gasteiger charge is -2.26. The summed E-state index contributed by atoms with van der Waals surface area (Å²) >= 11 is 6.15. The quantitative estimate of drug-likeness (QED) is 0.640. The van der Waals surface area contributed by atoms with Crippen molar-refractivity contribution >= 4 is 33.2 Å². The van der Waals surface area contributed by atoms with Crippen molar-refractivity contribution in [2.24, 2.45) is 0 Å². The second-order valence-electron chi connectivity index (χ2n) is 6.47. The van der Waals surface area contributed by atoms with Crippen LogP contribution >= 0.6 is 11.6 Å². The molecule has 1 N–H and O–H groups in total. The number of morpholine rings is 1. The van der Waals surface area contributed by atoms with E-state index in [9.17, 15) is 13.2 Å². The maximum atomic E-state index is 12.8. The fraction of sp³-hybridized carbons (Fsp3) is 0.350. The molecule has 1 aliphatic rings. The molecule has 9 heteroatoms. The van der Waals surface area contributed by atoms with E-state index in [1.165, 1.54) is 22.5 Å². The average Bonchev–Trinajstić information content (AvgIpc) is 2.74. The molecule has 1 heterocycles. The molecule has 2 aromatic rings. The third-order valence-corrected chi connectivity index (χ3v) is 6.60. The molecule has 0 radical (unpaired) electrons. The SMILES string of the molecule is O=C(CCCOc1ccccc1)Nc1cc(S(=O)(=O)N2CCOCC2)ccc1Cl. The van der Waals surface area contributed by atoms with Crippen LogP contribution in [-0.4, -0.2) is 51.5 Å². The van der Waals surface area contributed by atoms with Crippen molar-refractivity contribution in [3.8, 4) is 5.75 Å². The van der Waals surface area contributed by atoms with E-state index >= 15 is 0 Å². The molecule has 1 fully saturated rings. The van der Waals surface area contributed by atoms with Gasteiger partial charge in [-0.15, -0.1) is 0 Å². The normalized spacial score (nSPS) is 15.1. The summed E-state index contributed by atoms with van der Waals surface area (Å²) in [4.78, 5) is 12.3. The molecule has 0 aromatic heterocycles. The molecule has 0 saturated carbocycles. The maximum absolute atomic E-state index is 12.8. The Morgan fingerprint density at radius 1 is 1.14 bits per heavy atom. The summed E-state index contributed by atoms with van der Waals surface area (Å²) in [6.45, 7) is 1.72. The lowest BCUT2D eigenvalue weighted by molar-refractivity contribution is -0.116. The zero-order valence-corrected chi connectivity index (χ0v) is 17.4. The third kappa shape index (κ3) is 5.93. The summed E-state index contributed by atoms with van der Waals surface area (Å²) < 4.78 is 37.7. The number of benzene rings is 2. The number of rotatable bonds is 8. The molecule has 1 saturated heterocycles. The lowest BCUT2D eigenvalue weighted by atomic mass is 10.2. The topological polar surface area (TPSA) is 84.9 Å². The van der Waals surface area contributed by atoms with Gasteiger partial charge >= 0.3 is 0 Å².